The van der Waals surface area contributed by atoms with Crippen molar-refractivity contribution in [3.8, 4) is 0 Å². The van der Waals surface area contributed by atoms with Gasteiger partial charge in [-0.25, -0.2) is 0 Å². The highest BCUT2D eigenvalue weighted by Crippen LogP contribution is 2.22. The van der Waals surface area contributed by atoms with Crippen molar-refractivity contribution in [2.75, 3.05) is 13.6 Å². The average molecular weight is 275 g/mol. The number of likely N-dealkylation sites (N-methyl/N-ethyl adjacent to an activating group) is 1. The van der Waals surface area contributed by atoms with Crippen LogP contribution in [0.4, 0.5) is 0 Å². The number of nitrogens with zero attached hydrogens (tertiary/aromatic N) is 1. The molecule has 1 unspecified atom stereocenters. The highest BCUT2D eigenvalue weighted by molar-refractivity contribution is 6.30. The molecule has 2 aromatic rings. The zero-order chi connectivity index (χ0) is 13.7. The Kier molecular flexibility index (Phi) is 4.97. The molecule has 2 N–H and O–H groups in total. The summed E-state index contributed by atoms with van der Waals surface area (Å²) in [6.45, 7) is 1.44. The minimum absolute atomic E-state index is 0.180. The first-order valence-corrected chi connectivity index (χ1v) is 6.78. The first-order valence-electron chi connectivity index (χ1n) is 6.40. The van der Waals surface area contributed by atoms with Crippen LogP contribution in [0.2, 0.25) is 5.02 Å². The third kappa shape index (κ3) is 3.80. The predicted octanol–water partition coefficient (Wildman–Crippen LogP) is 3.47. The molecule has 2 aromatic carbocycles. The molecule has 0 spiro atoms. The zero-order valence-corrected chi connectivity index (χ0v) is 11.8. The zero-order valence-electron chi connectivity index (χ0n) is 11.1. The van der Waals surface area contributed by atoms with E-state index in [0.717, 1.165) is 17.1 Å². The van der Waals surface area contributed by atoms with Gasteiger partial charge in [0, 0.05) is 24.2 Å². The maximum atomic E-state index is 6.05. The lowest BCUT2D eigenvalue weighted by molar-refractivity contribution is 0.242. The molecule has 100 valence electrons. The van der Waals surface area contributed by atoms with E-state index in [1.807, 2.05) is 24.3 Å². The van der Waals surface area contributed by atoms with Crippen molar-refractivity contribution in [3.63, 3.8) is 0 Å². The molecular weight excluding hydrogens is 256 g/mol. The summed E-state index contributed by atoms with van der Waals surface area (Å²) in [7, 11) is 2.09. The Morgan fingerprint density at radius 2 is 1.84 bits per heavy atom. The van der Waals surface area contributed by atoms with Crippen molar-refractivity contribution in [1.82, 2.24) is 4.90 Å². The number of benzene rings is 2. The molecule has 1 atom stereocenters. The monoisotopic (exact) mass is 274 g/mol. The lowest BCUT2D eigenvalue weighted by atomic mass is 10.1. The summed E-state index contributed by atoms with van der Waals surface area (Å²) in [4.78, 5) is 2.25. The fraction of sp³-hybridized carbons (Fsp3) is 0.250. The lowest BCUT2D eigenvalue weighted by Crippen LogP contribution is -2.30. The van der Waals surface area contributed by atoms with Gasteiger partial charge in [-0.1, -0.05) is 54.1 Å². The molecule has 2 rings (SSSR count). The van der Waals surface area contributed by atoms with E-state index in [2.05, 4.69) is 42.3 Å². The molecule has 0 saturated carbocycles. The fourth-order valence-corrected chi connectivity index (χ4v) is 2.46. The summed E-state index contributed by atoms with van der Waals surface area (Å²) >= 11 is 6.05. The first kappa shape index (κ1) is 14.1. The van der Waals surface area contributed by atoms with E-state index in [1.54, 1.807) is 0 Å². The van der Waals surface area contributed by atoms with Gasteiger partial charge in [0.1, 0.15) is 0 Å². The second kappa shape index (κ2) is 6.71. The number of hydrogen-bond donors (Lipinski definition) is 1. The summed E-state index contributed by atoms with van der Waals surface area (Å²) in [5, 5.41) is 0.754. The van der Waals surface area contributed by atoms with Crippen molar-refractivity contribution < 1.29 is 0 Å². The Hall–Kier alpha value is -1.35. The Labute approximate surface area is 119 Å². The van der Waals surface area contributed by atoms with Crippen LogP contribution in [-0.4, -0.2) is 18.5 Å². The smallest absolute Gasteiger partial charge is 0.0471 e. The molecule has 0 fully saturated rings. The molecule has 0 bridgehead atoms. The molecule has 0 aromatic heterocycles. The van der Waals surface area contributed by atoms with Gasteiger partial charge in [-0.3, -0.25) is 4.90 Å². The molecule has 0 radical (unpaired) electrons. The van der Waals surface area contributed by atoms with E-state index in [1.165, 1.54) is 5.56 Å². The van der Waals surface area contributed by atoms with Crippen LogP contribution in [0.5, 0.6) is 0 Å². The molecule has 19 heavy (non-hydrogen) atoms. The van der Waals surface area contributed by atoms with E-state index in [-0.39, 0.29) is 6.04 Å². The van der Waals surface area contributed by atoms with Crippen molar-refractivity contribution >= 4 is 11.6 Å². The van der Waals surface area contributed by atoms with Crippen molar-refractivity contribution in [2.24, 2.45) is 5.73 Å². The van der Waals surface area contributed by atoms with Gasteiger partial charge in [0.05, 0.1) is 0 Å². The maximum Gasteiger partial charge on any atom is 0.0471 e. The van der Waals surface area contributed by atoms with Crippen LogP contribution in [0.3, 0.4) is 0 Å². The van der Waals surface area contributed by atoms with Gasteiger partial charge in [0.25, 0.3) is 0 Å². The number of rotatable bonds is 5. The lowest BCUT2D eigenvalue weighted by Gasteiger charge is -2.27. The molecule has 3 heteroatoms. The van der Waals surface area contributed by atoms with Gasteiger partial charge < -0.3 is 5.73 Å². The van der Waals surface area contributed by atoms with E-state index >= 15 is 0 Å². The van der Waals surface area contributed by atoms with E-state index in [4.69, 9.17) is 17.3 Å². The van der Waals surface area contributed by atoms with Crippen LogP contribution in [0.1, 0.15) is 17.2 Å². The summed E-state index contributed by atoms with van der Waals surface area (Å²) in [6, 6.07) is 18.5. The Morgan fingerprint density at radius 3 is 2.47 bits per heavy atom. The topological polar surface area (TPSA) is 29.3 Å². The molecule has 2 nitrogen and oxygen atoms in total. The molecule has 0 amide bonds. The Balaban J connectivity index is 2.13. The van der Waals surface area contributed by atoms with Gasteiger partial charge in [-0.05, 0) is 30.3 Å². The number of hydrogen-bond acceptors (Lipinski definition) is 2. The van der Waals surface area contributed by atoms with Gasteiger partial charge in [-0.2, -0.15) is 0 Å². The number of nitrogens with two attached hydrogens (primary N) is 1. The van der Waals surface area contributed by atoms with Crippen LogP contribution in [-0.2, 0) is 6.54 Å². The highest BCUT2D eigenvalue weighted by Gasteiger charge is 2.15. The number of halogens is 1. The van der Waals surface area contributed by atoms with Crippen molar-refractivity contribution in [2.45, 2.75) is 12.6 Å². The second-order valence-electron chi connectivity index (χ2n) is 4.71. The summed E-state index contributed by atoms with van der Waals surface area (Å²) in [5.74, 6) is 0. The van der Waals surface area contributed by atoms with Crippen LogP contribution >= 0.6 is 11.6 Å². The molecule has 0 aliphatic heterocycles. The standard InChI is InChI=1S/C16H19ClN2/c1-19(12-13-6-3-2-4-7-13)16(11-18)14-8-5-9-15(17)10-14/h2-10,16H,11-12,18H2,1H3. The average Bonchev–Trinajstić information content (AvgIpc) is 2.41. The van der Waals surface area contributed by atoms with E-state index < -0.39 is 0 Å². The first-order chi connectivity index (χ1) is 9.20. The minimum atomic E-state index is 0.180. The SMILES string of the molecule is CN(Cc1ccccc1)C(CN)c1cccc(Cl)c1. The van der Waals surface area contributed by atoms with Crippen molar-refractivity contribution in [3.05, 3.63) is 70.7 Å². The van der Waals surface area contributed by atoms with Crippen LogP contribution in [0.25, 0.3) is 0 Å². The maximum absolute atomic E-state index is 6.05. The predicted molar refractivity (Wildman–Crippen MR) is 81.2 cm³/mol. The Bertz CT molecular complexity index is 513. The van der Waals surface area contributed by atoms with E-state index in [0.29, 0.717) is 6.54 Å². The Morgan fingerprint density at radius 1 is 1.11 bits per heavy atom. The summed E-state index contributed by atoms with van der Waals surface area (Å²) in [6.07, 6.45) is 0. The second-order valence-corrected chi connectivity index (χ2v) is 5.14. The third-order valence-electron chi connectivity index (χ3n) is 3.26. The largest absolute Gasteiger partial charge is 0.329 e. The van der Waals surface area contributed by atoms with Gasteiger partial charge in [0.15, 0.2) is 0 Å². The van der Waals surface area contributed by atoms with Crippen LogP contribution < -0.4 is 5.73 Å². The minimum Gasteiger partial charge on any atom is -0.329 e. The summed E-state index contributed by atoms with van der Waals surface area (Å²) < 4.78 is 0. The molecule has 0 heterocycles. The molecule has 0 saturated heterocycles. The molecule has 0 aliphatic carbocycles. The molecule has 0 aliphatic rings. The van der Waals surface area contributed by atoms with Crippen LogP contribution in [0, 0.1) is 0 Å². The third-order valence-corrected chi connectivity index (χ3v) is 3.50. The van der Waals surface area contributed by atoms with Gasteiger partial charge in [0.2, 0.25) is 0 Å². The van der Waals surface area contributed by atoms with Gasteiger partial charge >= 0.3 is 0 Å². The normalized spacial score (nSPS) is 12.6. The van der Waals surface area contributed by atoms with Gasteiger partial charge in [-0.15, -0.1) is 0 Å². The fourth-order valence-electron chi connectivity index (χ4n) is 2.27. The van der Waals surface area contributed by atoms with E-state index in [9.17, 15) is 0 Å². The van der Waals surface area contributed by atoms with Crippen LogP contribution in [0.15, 0.2) is 54.6 Å². The van der Waals surface area contributed by atoms with Crippen molar-refractivity contribution in [1.29, 1.82) is 0 Å². The summed E-state index contributed by atoms with van der Waals surface area (Å²) in [5.41, 5.74) is 8.37. The quantitative estimate of drug-likeness (QED) is 0.905. The highest BCUT2D eigenvalue weighted by atomic mass is 35.5. The molecular formula is C16H19ClN2.